The van der Waals surface area contributed by atoms with Gasteiger partial charge in [0.25, 0.3) is 0 Å². The lowest BCUT2D eigenvalue weighted by atomic mass is 9.85. The largest absolute Gasteiger partial charge is 0.0848 e. The molecule has 0 spiro atoms. The zero-order chi connectivity index (χ0) is 10.3. The minimum Gasteiger partial charge on any atom is -0.0848 e. The number of hydrogen-bond acceptors (Lipinski definition) is 0. The van der Waals surface area contributed by atoms with E-state index in [2.05, 4.69) is 40.7 Å². The molecule has 0 heteroatoms. The van der Waals surface area contributed by atoms with Gasteiger partial charge >= 0.3 is 0 Å². The summed E-state index contributed by atoms with van der Waals surface area (Å²) in [4.78, 5) is 0. The Bertz CT molecular complexity index is 151. The molecule has 0 saturated carbocycles. The van der Waals surface area contributed by atoms with E-state index < -0.39 is 0 Å². The maximum Gasteiger partial charge on any atom is -0.0296 e. The van der Waals surface area contributed by atoms with Gasteiger partial charge in [-0.3, -0.25) is 0 Å². The highest BCUT2D eigenvalue weighted by molar-refractivity contribution is 5.02. The van der Waals surface area contributed by atoms with Gasteiger partial charge in [-0.2, -0.15) is 0 Å². The van der Waals surface area contributed by atoms with Gasteiger partial charge in [0.15, 0.2) is 0 Å². The summed E-state index contributed by atoms with van der Waals surface area (Å²) in [6, 6.07) is 0. The Balaban J connectivity index is 4.05. The minimum atomic E-state index is 0.494. The van der Waals surface area contributed by atoms with Gasteiger partial charge < -0.3 is 0 Å². The highest BCUT2D eigenvalue weighted by Crippen LogP contribution is 2.26. The van der Waals surface area contributed by atoms with Crippen LogP contribution in [0.1, 0.15) is 66.7 Å². The molecule has 0 aromatic rings. The minimum absolute atomic E-state index is 0.494. The van der Waals surface area contributed by atoms with E-state index in [9.17, 15) is 0 Å². The van der Waals surface area contributed by atoms with E-state index in [1.54, 1.807) is 5.57 Å². The van der Waals surface area contributed by atoms with E-state index >= 15 is 0 Å². The molecule has 0 nitrogen and oxygen atoms in total. The Morgan fingerprint density at radius 2 is 1.77 bits per heavy atom. The first-order valence-electron chi connectivity index (χ1n) is 5.73. The molecule has 0 aliphatic rings. The summed E-state index contributed by atoms with van der Waals surface area (Å²) in [5.74, 6) is 0. The Hall–Kier alpha value is -0.260. The molecular weight excluding hydrogens is 156 g/mol. The molecular formula is C13H26. The second kappa shape index (κ2) is 6.23. The molecule has 0 atom stereocenters. The zero-order valence-electron chi connectivity index (χ0n) is 10.1. The highest BCUT2D eigenvalue weighted by atomic mass is 14.2. The first-order chi connectivity index (χ1) is 6.05. The van der Waals surface area contributed by atoms with Crippen molar-refractivity contribution in [2.24, 2.45) is 5.41 Å². The zero-order valence-corrected chi connectivity index (χ0v) is 10.1. The van der Waals surface area contributed by atoms with Crippen molar-refractivity contribution in [1.29, 1.82) is 0 Å². The van der Waals surface area contributed by atoms with E-state index in [4.69, 9.17) is 0 Å². The molecule has 0 bridgehead atoms. The van der Waals surface area contributed by atoms with Gasteiger partial charge in [-0.25, -0.2) is 0 Å². The summed E-state index contributed by atoms with van der Waals surface area (Å²) < 4.78 is 0. The Labute approximate surface area is 84.4 Å². The fraction of sp³-hybridized carbons (Fsp3) is 0.846. The molecule has 0 fully saturated rings. The molecule has 0 unspecified atom stereocenters. The average Bonchev–Trinajstić information content (AvgIpc) is 2.12. The summed E-state index contributed by atoms with van der Waals surface area (Å²) in [5, 5.41) is 0. The van der Waals surface area contributed by atoms with Gasteiger partial charge in [0.05, 0.1) is 0 Å². The first kappa shape index (κ1) is 12.7. The van der Waals surface area contributed by atoms with Crippen LogP contribution < -0.4 is 0 Å². The standard InChI is InChI=1S/C13H26/c1-6-9-12(7-2)10-11-13(4,5)8-3/h10H,6-9,11H2,1-5H3. The molecule has 0 heterocycles. The molecule has 0 aromatic heterocycles. The molecule has 0 aliphatic carbocycles. The lowest BCUT2D eigenvalue weighted by Gasteiger charge is -2.20. The third-order valence-corrected chi connectivity index (χ3v) is 2.93. The van der Waals surface area contributed by atoms with Crippen LogP contribution in [0.2, 0.25) is 0 Å². The van der Waals surface area contributed by atoms with Gasteiger partial charge in [-0.1, -0.05) is 59.1 Å². The number of hydrogen-bond donors (Lipinski definition) is 0. The average molecular weight is 182 g/mol. The van der Waals surface area contributed by atoms with Crippen LogP contribution in [0.25, 0.3) is 0 Å². The molecule has 0 aromatic carbocycles. The molecule has 0 N–H and O–H groups in total. The van der Waals surface area contributed by atoms with Crippen LogP contribution in [0, 0.1) is 5.41 Å². The smallest absolute Gasteiger partial charge is 0.0296 e. The monoisotopic (exact) mass is 182 g/mol. The van der Waals surface area contributed by atoms with Gasteiger partial charge in [-0.15, -0.1) is 0 Å². The third kappa shape index (κ3) is 5.90. The highest BCUT2D eigenvalue weighted by Gasteiger charge is 2.12. The fourth-order valence-electron chi connectivity index (χ4n) is 1.31. The second-order valence-electron chi connectivity index (χ2n) is 4.69. The van der Waals surface area contributed by atoms with Crippen LogP contribution in [0.5, 0.6) is 0 Å². The van der Waals surface area contributed by atoms with E-state index in [1.807, 2.05) is 0 Å². The van der Waals surface area contributed by atoms with Crippen LogP contribution >= 0.6 is 0 Å². The topological polar surface area (TPSA) is 0 Å². The number of allylic oxidation sites excluding steroid dienone is 2. The van der Waals surface area contributed by atoms with Crippen molar-refractivity contribution >= 4 is 0 Å². The first-order valence-corrected chi connectivity index (χ1v) is 5.73. The van der Waals surface area contributed by atoms with Crippen LogP contribution in [-0.2, 0) is 0 Å². The second-order valence-corrected chi connectivity index (χ2v) is 4.69. The maximum absolute atomic E-state index is 2.47. The van der Waals surface area contributed by atoms with Gasteiger partial charge in [0.1, 0.15) is 0 Å². The van der Waals surface area contributed by atoms with Crippen molar-refractivity contribution in [1.82, 2.24) is 0 Å². The summed E-state index contributed by atoms with van der Waals surface area (Å²) in [6.45, 7) is 11.5. The SMILES string of the molecule is CCCC(=CCC(C)(C)CC)CC. The summed E-state index contributed by atoms with van der Waals surface area (Å²) in [6.07, 6.45) is 8.78. The number of rotatable bonds is 6. The molecule has 0 aliphatic heterocycles. The van der Waals surface area contributed by atoms with Gasteiger partial charge in [0.2, 0.25) is 0 Å². The molecule has 0 saturated heterocycles. The van der Waals surface area contributed by atoms with Gasteiger partial charge in [-0.05, 0) is 24.7 Å². The van der Waals surface area contributed by atoms with Crippen LogP contribution in [0.4, 0.5) is 0 Å². The summed E-state index contributed by atoms with van der Waals surface area (Å²) in [5.41, 5.74) is 2.14. The van der Waals surface area contributed by atoms with Crippen LogP contribution in [0.15, 0.2) is 11.6 Å². The normalized spacial score (nSPS) is 13.5. The van der Waals surface area contributed by atoms with E-state index in [1.165, 1.54) is 32.1 Å². The molecule has 0 amide bonds. The predicted molar refractivity (Wildman–Crippen MR) is 62.0 cm³/mol. The lowest BCUT2D eigenvalue weighted by molar-refractivity contribution is 0.355. The fourth-order valence-corrected chi connectivity index (χ4v) is 1.31. The molecule has 78 valence electrons. The van der Waals surface area contributed by atoms with Crippen LogP contribution in [-0.4, -0.2) is 0 Å². The van der Waals surface area contributed by atoms with Crippen molar-refractivity contribution in [2.75, 3.05) is 0 Å². The van der Waals surface area contributed by atoms with Crippen molar-refractivity contribution in [3.8, 4) is 0 Å². The van der Waals surface area contributed by atoms with Crippen molar-refractivity contribution in [3.05, 3.63) is 11.6 Å². The Morgan fingerprint density at radius 1 is 1.15 bits per heavy atom. The van der Waals surface area contributed by atoms with Crippen molar-refractivity contribution in [2.45, 2.75) is 66.7 Å². The van der Waals surface area contributed by atoms with E-state index in [-0.39, 0.29) is 0 Å². The van der Waals surface area contributed by atoms with Crippen LogP contribution in [0.3, 0.4) is 0 Å². The van der Waals surface area contributed by atoms with E-state index in [0.717, 1.165) is 0 Å². The molecule has 0 radical (unpaired) electrons. The van der Waals surface area contributed by atoms with E-state index in [0.29, 0.717) is 5.41 Å². The predicted octanol–water partition coefficient (Wildman–Crippen LogP) is 4.95. The maximum atomic E-state index is 2.47. The Kier molecular flexibility index (Phi) is 6.11. The third-order valence-electron chi connectivity index (χ3n) is 2.93. The summed E-state index contributed by atoms with van der Waals surface area (Å²) in [7, 11) is 0. The lowest BCUT2D eigenvalue weighted by Crippen LogP contribution is -2.07. The Morgan fingerprint density at radius 3 is 2.15 bits per heavy atom. The van der Waals surface area contributed by atoms with Gasteiger partial charge in [0, 0.05) is 0 Å². The molecule has 13 heavy (non-hydrogen) atoms. The quantitative estimate of drug-likeness (QED) is 0.510. The van der Waals surface area contributed by atoms with Crippen molar-refractivity contribution < 1.29 is 0 Å². The summed E-state index contributed by atoms with van der Waals surface area (Å²) >= 11 is 0. The molecule has 0 rings (SSSR count). The van der Waals surface area contributed by atoms with Crippen molar-refractivity contribution in [3.63, 3.8) is 0 Å².